The maximum Gasteiger partial charge on any atom is 0.695 e. The molecule has 7 rings (SSSR count). The van der Waals surface area contributed by atoms with Crippen LogP contribution in [0.2, 0.25) is 0 Å². The first-order valence-corrected chi connectivity index (χ1v) is 17.5. The molecule has 1 unspecified atom stereocenters. The fourth-order valence-corrected chi connectivity index (χ4v) is 6.91. The lowest BCUT2D eigenvalue weighted by Gasteiger charge is -2.37. The molecule has 2 N–H and O–H groups in total. The molecule has 0 bridgehead atoms. The molecule has 13 nitrogen and oxygen atoms in total. The standard InChI is InChI=1S/C38H34N5O8P/c1-47-29-17-13-27(14-18-29)38(26-11-7-4-8-12-26,28-15-19-30(48-2)20-16-28)49-22-32-31(51-52(45)46)21-33(50-32)43-24-41-34-35(39-23-40-36(34)43)42-37(44)25-9-5-3-6-10-25/h3-20,23-24,31-33H,21-22H2,1-2H3,(H-,39,40,42,44,45,46)/p+1/t31-,32+,33+/m0/s1. The molecular formula is C38H35N5O8P+. The van der Waals surface area contributed by atoms with E-state index in [1.165, 1.54) is 12.7 Å². The maximum atomic E-state index is 12.9. The van der Waals surface area contributed by atoms with Crippen molar-refractivity contribution >= 4 is 31.1 Å². The van der Waals surface area contributed by atoms with Crippen LogP contribution in [0.15, 0.2) is 122 Å². The minimum absolute atomic E-state index is 0.0444. The summed E-state index contributed by atoms with van der Waals surface area (Å²) in [6.45, 7) is -0.0444. The summed E-state index contributed by atoms with van der Waals surface area (Å²) in [4.78, 5) is 36.0. The summed E-state index contributed by atoms with van der Waals surface area (Å²) >= 11 is 0. The fourth-order valence-electron chi connectivity index (χ4n) is 6.45. The minimum atomic E-state index is -2.98. The number of anilines is 1. The van der Waals surface area contributed by atoms with Gasteiger partial charge in [-0.1, -0.05) is 72.8 Å². The van der Waals surface area contributed by atoms with Crippen molar-refractivity contribution in [1.82, 2.24) is 19.5 Å². The molecule has 14 heteroatoms. The van der Waals surface area contributed by atoms with Crippen LogP contribution in [0.25, 0.3) is 11.2 Å². The van der Waals surface area contributed by atoms with Crippen molar-refractivity contribution in [2.75, 3.05) is 26.1 Å². The Hall–Kier alpha value is -5.56. The average Bonchev–Trinajstić information content (AvgIpc) is 3.80. The number of benzene rings is 4. The summed E-state index contributed by atoms with van der Waals surface area (Å²) < 4.78 is 43.8. The van der Waals surface area contributed by atoms with E-state index in [0.717, 1.165) is 16.7 Å². The number of methoxy groups -OCH3 is 2. The lowest BCUT2D eigenvalue weighted by Crippen LogP contribution is -2.38. The average molecular weight is 721 g/mol. The van der Waals surface area contributed by atoms with Gasteiger partial charge in [0.1, 0.15) is 41.9 Å². The van der Waals surface area contributed by atoms with Crippen LogP contribution in [0, 0.1) is 0 Å². The van der Waals surface area contributed by atoms with E-state index in [2.05, 4.69) is 20.3 Å². The number of fused-ring (bicyclic) bond motifs is 1. The molecule has 0 spiro atoms. The zero-order chi connectivity index (χ0) is 36.1. The molecule has 3 heterocycles. The number of hydrogen-bond donors (Lipinski definition) is 2. The highest BCUT2D eigenvalue weighted by Gasteiger charge is 2.46. The monoisotopic (exact) mass is 720 g/mol. The molecule has 6 aromatic rings. The van der Waals surface area contributed by atoms with Crippen LogP contribution in [0.3, 0.4) is 0 Å². The second-order valence-electron chi connectivity index (χ2n) is 11.9. The Morgan fingerprint density at radius 1 is 0.865 bits per heavy atom. The first-order chi connectivity index (χ1) is 25.4. The number of hydrogen-bond acceptors (Lipinski definition) is 10. The third kappa shape index (κ3) is 7.00. The Balaban J connectivity index is 1.22. The largest absolute Gasteiger partial charge is 0.695 e. The van der Waals surface area contributed by atoms with Gasteiger partial charge in [-0.15, -0.1) is 9.42 Å². The highest BCUT2D eigenvalue weighted by atomic mass is 31.1. The second kappa shape index (κ2) is 15.4. The number of amides is 1. The van der Waals surface area contributed by atoms with E-state index < -0.39 is 32.3 Å². The predicted octanol–water partition coefficient (Wildman–Crippen LogP) is 6.43. The van der Waals surface area contributed by atoms with Gasteiger partial charge >= 0.3 is 8.25 Å². The molecule has 4 aromatic carbocycles. The first-order valence-electron chi connectivity index (χ1n) is 16.4. The van der Waals surface area contributed by atoms with E-state index in [1.807, 2.05) is 84.9 Å². The quantitative estimate of drug-likeness (QED) is 0.100. The summed E-state index contributed by atoms with van der Waals surface area (Å²) in [5, 5.41) is 2.81. The van der Waals surface area contributed by atoms with E-state index in [9.17, 15) is 14.3 Å². The molecule has 1 amide bonds. The summed E-state index contributed by atoms with van der Waals surface area (Å²) in [5.41, 5.74) is 2.51. The molecule has 2 aromatic heterocycles. The summed E-state index contributed by atoms with van der Waals surface area (Å²) in [6.07, 6.45) is 0.694. The van der Waals surface area contributed by atoms with Gasteiger partial charge in [0.15, 0.2) is 17.0 Å². The van der Waals surface area contributed by atoms with Gasteiger partial charge in [0, 0.05) is 16.5 Å². The van der Waals surface area contributed by atoms with Crippen LogP contribution >= 0.6 is 8.25 Å². The Labute approximate surface area is 300 Å². The van der Waals surface area contributed by atoms with E-state index >= 15 is 0 Å². The number of ether oxygens (including phenoxy) is 4. The molecule has 1 saturated heterocycles. The summed E-state index contributed by atoms with van der Waals surface area (Å²) in [7, 11) is 0.236. The molecule has 0 radical (unpaired) electrons. The number of imidazole rings is 1. The number of nitrogens with zero attached hydrogens (tertiary/aromatic N) is 4. The van der Waals surface area contributed by atoms with Crippen molar-refractivity contribution in [1.29, 1.82) is 0 Å². The summed E-state index contributed by atoms with van der Waals surface area (Å²) in [6, 6.07) is 33.8. The van der Waals surface area contributed by atoms with Crippen LogP contribution in [0.4, 0.5) is 5.82 Å². The third-order valence-electron chi connectivity index (χ3n) is 8.98. The molecule has 1 aliphatic rings. The van der Waals surface area contributed by atoms with Gasteiger partial charge in [-0.05, 0) is 53.1 Å². The third-order valence-corrected chi connectivity index (χ3v) is 9.43. The molecule has 4 atom stereocenters. The van der Waals surface area contributed by atoms with Crippen LogP contribution in [-0.2, 0) is 24.2 Å². The fraction of sp³-hybridized carbons (Fsp3) is 0.211. The lowest BCUT2D eigenvalue weighted by molar-refractivity contribution is -0.0903. The molecule has 52 heavy (non-hydrogen) atoms. The van der Waals surface area contributed by atoms with E-state index in [4.69, 9.17) is 23.5 Å². The van der Waals surface area contributed by atoms with Crippen molar-refractivity contribution in [2.24, 2.45) is 0 Å². The Kier molecular flexibility index (Phi) is 10.3. The zero-order valence-electron chi connectivity index (χ0n) is 28.2. The number of rotatable bonds is 13. The van der Waals surface area contributed by atoms with Crippen LogP contribution < -0.4 is 14.8 Å². The van der Waals surface area contributed by atoms with Crippen molar-refractivity contribution in [3.63, 3.8) is 0 Å². The Morgan fingerprint density at radius 2 is 1.46 bits per heavy atom. The van der Waals surface area contributed by atoms with Crippen LogP contribution in [-0.4, -0.2) is 63.4 Å². The smallest absolute Gasteiger partial charge is 0.497 e. The van der Waals surface area contributed by atoms with Gasteiger partial charge in [-0.2, -0.15) is 0 Å². The zero-order valence-corrected chi connectivity index (χ0v) is 29.1. The lowest BCUT2D eigenvalue weighted by atomic mass is 9.80. The van der Waals surface area contributed by atoms with Gasteiger partial charge in [-0.25, -0.2) is 15.0 Å². The number of carbonyl (C=O) groups is 1. The molecule has 1 aliphatic heterocycles. The van der Waals surface area contributed by atoms with E-state index in [0.29, 0.717) is 28.2 Å². The van der Waals surface area contributed by atoms with Gasteiger partial charge in [0.05, 0.1) is 27.2 Å². The van der Waals surface area contributed by atoms with Crippen molar-refractivity contribution < 1.29 is 37.7 Å². The van der Waals surface area contributed by atoms with Crippen molar-refractivity contribution in [2.45, 2.75) is 30.5 Å². The molecule has 264 valence electrons. The van der Waals surface area contributed by atoms with Crippen LogP contribution in [0.5, 0.6) is 11.5 Å². The van der Waals surface area contributed by atoms with Gasteiger partial charge in [-0.3, -0.25) is 9.36 Å². The normalized spacial score (nSPS) is 17.5. The number of aromatic nitrogens is 4. The van der Waals surface area contributed by atoms with E-state index in [-0.39, 0.29) is 24.8 Å². The minimum Gasteiger partial charge on any atom is -0.497 e. The number of nitrogens with one attached hydrogen (secondary N) is 1. The van der Waals surface area contributed by atoms with Gasteiger partial charge in [0.25, 0.3) is 5.91 Å². The molecule has 1 fully saturated rings. The highest BCUT2D eigenvalue weighted by molar-refractivity contribution is 7.32. The van der Waals surface area contributed by atoms with E-state index in [1.54, 1.807) is 43.1 Å². The maximum absolute atomic E-state index is 12.9. The van der Waals surface area contributed by atoms with Crippen molar-refractivity contribution in [3.05, 3.63) is 144 Å². The SMILES string of the molecule is COc1ccc(C(OC[C@H]2O[C@@H](n3cnc4c(NC(=O)c5ccccc5)ncnc43)C[C@@H]2O[P+](=O)O)(c2ccccc2)c2ccc(OC)cc2)cc1. The predicted molar refractivity (Wildman–Crippen MR) is 191 cm³/mol. The highest BCUT2D eigenvalue weighted by Crippen LogP contribution is 2.44. The first kappa shape index (κ1) is 34.9. The summed E-state index contributed by atoms with van der Waals surface area (Å²) in [5.74, 6) is 1.25. The van der Waals surface area contributed by atoms with Gasteiger partial charge in [0.2, 0.25) is 0 Å². The van der Waals surface area contributed by atoms with Crippen LogP contribution in [0.1, 0.15) is 39.7 Å². The van der Waals surface area contributed by atoms with Gasteiger partial charge < -0.3 is 24.3 Å². The topological polar surface area (TPSA) is 156 Å². The van der Waals surface area contributed by atoms with Crippen molar-refractivity contribution in [3.8, 4) is 11.5 Å². The number of carbonyl (C=O) groups excluding carboxylic acids is 1. The molecular weight excluding hydrogens is 685 g/mol. The molecule has 0 aliphatic carbocycles. The molecule has 0 saturated carbocycles. The second-order valence-corrected chi connectivity index (χ2v) is 12.6. The Bertz CT molecular complexity index is 2100. The Morgan fingerprint density at radius 3 is 2.06 bits per heavy atom.